The molecule has 0 N–H and O–H groups in total. The topological polar surface area (TPSA) is 97.0 Å². The molecule has 0 saturated heterocycles. The van der Waals surface area contributed by atoms with Crippen LogP contribution in [0.4, 0.5) is 0 Å². The van der Waals surface area contributed by atoms with Gasteiger partial charge in [0.2, 0.25) is 5.88 Å². The van der Waals surface area contributed by atoms with Gasteiger partial charge >= 0.3 is 5.97 Å². The van der Waals surface area contributed by atoms with Gasteiger partial charge in [-0.2, -0.15) is 15.2 Å². The first-order chi connectivity index (χ1) is 14.9. The van der Waals surface area contributed by atoms with E-state index in [4.69, 9.17) is 9.47 Å². The standard InChI is InChI=1S/C22H24N6O3/c1-6-31-21(29)17-10-23-27(12-17)22-25-18-11-24-28(19(18)20(26-22)30-5)15(4)16-8-13(2)7-14(3)9-16/h7-12,15H,6H2,1-5H3. The van der Waals surface area contributed by atoms with E-state index in [0.717, 1.165) is 5.56 Å². The van der Waals surface area contributed by atoms with Gasteiger partial charge in [0.05, 0.1) is 37.7 Å². The Hall–Kier alpha value is -3.75. The summed E-state index contributed by atoms with van der Waals surface area (Å²) in [5.74, 6) is 0.206. The third-order valence-corrected chi connectivity index (χ3v) is 4.99. The van der Waals surface area contributed by atoms with Crippen molar-refractivity contribution in [3.05, 3.63) is 59.0 Å². The van der Waals surface area contributed by atoms with Crippen molar-refractivity contribution in [3.8, 4) is 11.8 Å². The summed E-state index contributed by atoms with van der Waals surface area (Å²) in [5.41, 5.74) is 5.16. The minimum atomic E-state index is -0.447. The highest BCUT2D eigenvalue weighted by Crippen LogP contribution is 2.29. The Morgan fingerprint density at radius 2 is 1.84 bits per heavy atom. The van der Waals surface area contributed by atoms with Crippen LogP contribution in [0.15, 0.2) is 36.8 Å². The first-order valence-corrected chi connectivity index (χ1v) is 10.0. The first-order valence-electron chi connectivity index (χ1n) is 10.0. The summed E-state index contributed by atoms with van der Waals surface area (Å²) < 4.78 is 13.9. The van der Waals surface area contributed by atoms with Gasteiger partial charge in [-0.25, -0.2) is 14.5 Å². The van der Waals surface area contributed by atoms with Crippen molar-refractivity contribution in [2.24, 2.45) is 0 Å². The van der Waals surface area contributed by atoms with Crippen LogP contribution in [-0.4, -0.2) is 49.2 Å². The maximum atomic E-state index is 11.9. The van der Waals surface area contributed by atoms with Crippen molar-refractivity contribution in [1.82, 2.24) is 29.5 Å². The lowest BCUT2D eigenvalue weighted by Gasteiger charge is -2.16. The van der Waals surface area contributed by atoms with E-state index in [0.29, 0.717) is 22.5 Å². The van der Waals surface area contributed by atoms with Crippen LogP contribution in [0.2, 0.25) is 0 Å². The number of carbonyl (C=O) groups excluding carboxylic acids is 1. The summed E-state index contributed by atoms with van der Waals surface area (Å²) in [7, 11) is 1.55. The molecule has 1 aromatic carbocycles. The monoisotopic (exact) mass is 420 g/mol. The minimum absolute atomic E-state index is 0.0421. The summed E-state index contributed by atoms with van der Waals surface area (Å²) in [6.07, 6.45) is 4.63. The lowest BCUT2D eigenvalue weighted by Crippen LogP contribution is -2.11. The van der Waals surface area contributed by atoms with Gasteiger partial charge in [-0.1, -0.05) is 29.3 Å². The number of aromatic nitrogens is 6. The summed E-state index contributed by atoms with van der Waals surface area (Å²) in [5, 5.41) is 8.75. The van der Waals surface area contributed by atoms with Crippen LogP contribution < -0.4 is 4.74 Å². The average Bonchev–Trinajstić information content (AvgIpc) is 3.39. The van der Waals surface area contributed by atoms with Gasteiger partial charge in [0.15, 0.2) is 0 Å². The second-order valence-corrected chi connectivity index (χ2v) is 7.35. The molecule has 1 atom stereocenters. The molecule has 0 amide bonds. The molecule has 0 saturated carbocycles. The number of nitrogens with zero attached hydrogens (tertiary/aromatic N) is 6. The molecule has 1 unspecified atom stereocenters. The van der Waals surface area contributed by atoms with E-state index >= 15 is 0 Å². The normalized spacial score (nSPS) is 12.2. The van der Waals surface area contributed by atoms with Crippen LogP contribution in [0.25, 0.3) is 17.0 Å². The number of fused-ring (bicyclic) bond motifs is 1. The van der Waals surface area contributed by atoms with Crippen molar-refractivity contribution in [3.63, 3.8) is 0 Å². The Balaban J connectivity index is 1.76. The zero-order valence-corrected chi connectivity index (χ0v) is 18.2. The third-order valence-electron chi connectivity index (χ3n) is 4.99. The molecule has 4 aromatic rings. The molecule has 160 valence electrons. The Kier molecular flexibility index (Phi) is 5.41. The van der Waals surface area contributed by atoms with E-state index in [2.05, 4.69) is 59.1 Å². The van der Waals surface area contributed by atoms with Gasteiger partial charge in [-0.3, -0.25) is 4.68 Å². The molecule has 0 aliphatic heterocycles. The molecular weight excluding hydrogens is 396 g/mol. The number of benzene rings is 1. The minimum Gasteiger partial charge on any atom is -0.479 e. The summed E-state index contributed by atoms with van der Waals surface area (Å²) in [4.78, 5) is 21.0. The van der Waals surface area contributed by atoms with E-state index in [1.54, 1.807) is 20.2 Å². The largest absolute Gasteiger partial charge is 0.479 e. The molecule has 4 rings (SSSR count). The lowest BCUT2D eigenvalue weighted by molar-refractivity contribution is 0.0526. The molecule has 0 aliphatic carbocycles. The van der Waals surface area contributed by atoms with Crippen LogP contribution in [-0.2, 0) is 4.74 Å². The molecule has 0 spiro atoms. The van der Waals surface area contributed by atoms with Gasteiger partial charge in [0.1, 0.15) is 11.0 Å². The van der Waals surface area contributed by atoms with Gasteiger partial charge in [-0.15, -0.1) is 0 Å². The second kappa shape index (κ2) is 8.17. The molecule has 9 nitrogen and oxygen atoms in total. The molecule has 3 heterocycles. The maximum Gasteiger partial charge on any atom is 0.341 e. The van der Waals surface area contributed by atoms with Crippen LogP contribution in [0.1, 0.15) is 46.9 Å². The number of carbonyl (C=O) groups is 1. The quantitative estimate of drug-likeness (QED) is 0.441. The van der Waals surface area contributed by atoms with E-state index < -0.39 is 5.97 Å². The third kappa shape index (κ3) is 3.86. The zero-order chi connectivity index (χ0) is 22.1. The van der Waals surface area contributed by atoms with Gasteiger partial charge in [-0.05, 0) is 33.3 Å². The fourth-order valence-electron chi connectivity index (χ4n) is 3.60. The molecule has 3 aromatic heterocycles. The Morgan fingerprint density at radius 1 is 1.10 bits per heavy atom. The highest BCUT2D eigenvalue weighted by Gasteiger charge is 2.20. The van der Waals surface area contributed by atoms with Gasteiger partial charge < -0.3 is 9.47 Å². The van der Waals surface area contributed by atoms with Crippen LogP contribution in [0, 0.1) is 13.8 Å². The maximum absolute atomic E-state index is 11.9. The summed E-state index contributed by atoms with van der Waals surface area (Å²) in [6.45, 7) is 8.27. The average molecular weight is 420 g/mol. The number of hydrogen-bond acceptors (Lipinski definition) is 7. The number of aryl methyl sites for hydroxylation is 2. The fraction of sp³-hybridized carbons (Fsp3) is 0.318. The Labute approximate surface area is 179 Å². The number of ether oxygens (including phenoxy) is 2. The molecule has 0 aliphatic rings. The zero-order valence-electron chi connectivity index (χ0n) is 18.2. The predicted molar refractivity (Wildman–Crippen MR) is 115 cm³/mol. The lowest BCUT2D eigenvalue weighted by atomic mass is 10.0. The van der Waals surface area contributed by atoms with Crippen molar-refractivity contribution < 1.29 is 14.3 Å². The van der Waals surface area contributed by atoms with E-state index in [1.807, 2.05) is 4.68 Å². The van der Waals surface area contributed by atoms with E-state index in [9.17, 15) is 4.79 Å². The number of methoxy groups -OCH3 is 1. The van der Waals surface area contributed by atoms with E-state index in [-0.39, 0.29) is 18.6 Å². The second-order valence-electron chi connectivity index (χ2n) is 7.35. The van der Waals surface area contributed by atoms with Crippen LogP contribution >= 0.6 is 0 Å². The smallest absolute Gasteiger partial charge is 0.341 e. The first kappa shape index (κ1) is 20.5. The fourth-order valence-corrected chi connectivity index (χ4v) is 3.60. The van der Waals surface area contributed by atoms with Crippen LogP contribution in [0.5, 0.6) is 5.88 Å². The molecular formula is C22H24N6O3. The molecule has 9 heteroatoms. The molecule has 0 radical (unpaired) electrons. The highest BCUT2D eigenvalue weighted by atomic mass is 16.5. The van der Waals surface area contributed by atoms with Crippen LogP contribution in [0.3, 0.4) is 0 Å². The predicted octanol–water partition coefficient (Wildman–Crippen LogP) is 3.42. The van der Waals surface area contributed by atoms with Crippen molar-refractivity contribution in [2.75, 3.05) is 13.7 Å². The van der Waals surface area contributed by atoms with Crippen molar-refractivity contribution in [2.45, 2.75) is 33.7 Å². The molecule has 0 bridgehead atoms. The van der Waals surface area contributed by atoms with Gasteiger partial charge in [0.25, 0.3) is 5.95 Å². The van der Waals surface area contributed by atoms with Gasteiger partial charge in [0, 0.05) is 6.20 Å². The highest BCUT2D eigenvalue weighted by molar-refractivity contribution is 5.88. The number of hydrogen-bond donors (Lipinski definition) is 0. The summed E-state index contributed by atoms with van der Waals surface area (Å²) >= 11 is 0. The molecule has 31 heavy (non-hydrogen) atoms. The number of esters is 1. The Bertz CT molecular complexity index is 1240. The van der Waals surface area contributed by atoms with Crippen molar-refractivity contribution >= 4 is 17.0 Å². The summed E-state index contributed by atoms with van der Waals surface area (Å²) in [6, 6.07) is 6.39. The SMILES string of the molecule is CCOC(=O)c1cnn(-c2nc(OC)c3c(cnn3C(C)c3cc(C)cc(C)c3)n2)c1. The van der Waals surface area contributed by atoms with E-state index in [1.165, 1.54) is 28.2 Å². The van der Waals surface area contributed by atoms with Crippen molar-refractivity contribution in [1.29, 1.82) is 0 Å². The Morgan fingerprint density at radius 3 is 2.52 bits per heavy atom. The number of rotatable bonds is 6. The molecule has 0 fully saturated rings.